The minimum atomic E-state index is -0.495. The van der Waals surface area contributed by atoms with Gasteiger partial charge in [0.2, 0.25) is 23.5 Å². The van der Waals surface area contributed by atoms with E-state index in [4.69, 9.17) is 13.9 Å². The number of aryl methyl sites for hydroxylation is 1. The molecule has 1 saturated heterocycles. The van der Waals surface area contributed by atoms with Crippen LogP contribution in [0.1, 0.15) is 41.8 Å². The van der Waals surface area contributed by atoms with Crippen molar-refractivity contribution in [3.05, 3.63) is 47.7 Å². The molecule has 0 atom stereocenters. The second kappa shape index (κ2) is 10.6. The Morgan fingerprint density at radius 3 is 2.51 bits per heavy atom. The van der Waals surface area contributed by atoms with Gasteiger partial charge in [-0.3, -0.25) is 14.4 Å². The highest BCUT2D eigenvalue weighted by Gasteiger charge is 2.34. The van der Waals surface area contributed by atoms with E-state index in [2.05, 4.69) is 15.6 Å². The number of ether oxygens (including phenoxy) is 2. The van der Waals surface area contributed by atoms with Crippen LogP contribution in [0.4, 0.5) is 11.4 Å². The number of nitrogens with zero attached hydrogens (tertiary/aromatic N) is 2. The molecule has 0 bridgehead atoms. The molecule has 2 aromatic heterocycles. The molecule has 0 radical (unpaired) electrons. The first-order valence-electron chi connectivity index (χ1n) is 12.5. The van der Waals surface area contributed by atoms with Crippen LogP contribution in [0.3, 0.4) is 0 Å². The summed E-state index contributed by atoms with van der Waals surface area (Å²) >= 11 is 0. The molecule has 0 spiro atoms. The molecule has 1 aromatic carbocycles. The molecule has 0 unspecified atom stereocenters. The lowest BCUT2D eigenvalue weighted by atomic mass is 9.84. The third-order valence-electron chi connectivity index (χ3n) is 7.01. The molecule has 10 heteroatoms. The van der Waals surface area contributed by atoms with Crippen LogP contribution < -0.4 is 15.4 Å². The lowest BCUT2D eigenvalue weighted by Crippen LogP contribution is -2.49. The minimum Gasteiger partial charge on any atom is -0.481 e. The Morgan fingerprint density at radius 2 is 1.81 bits per heavy atom. The zero-order valence-corrected chi connectivity index (χ0v) is 20.9. The van der Waals surface area contributed by atoms with E-state index < -0.39 is 5.91 Å². The molecule has 2 fully saturated rings. The molecule has 3 amide bonds. The summed E-state index contributed by atoms with van der Waals surface area (Å²) in [5, 5.41) is 5.75. The fraction of sp³-hybridized carbons (Fsp3) is 0.407. The van der Waals surface area contributed by atoms with Crippen LogP contribution >= 0.6 is 0 Å². The van der Waals surface area contributed by atoms with Gasteiger partial charge in [0, 0.05) is 30.3 Å². The maximum atomic E-state index is 13.3. The highest BCUT2D eigenvalue weighted by Crippen LogP contribution is 2.34. The standard InChI is InChI=1S/C27H30N4O6/c1-16-3-7-18(8-4-16)28-27(34)25-24(23-20(37-25)11-12-21(29-23)35-2)30-26(33)17-5-9-19(10-6-17)31-13-14-36-15-22(31)32/h3-4,7-8,11-12,17,19H,5-6,9-10,13-15H2,1-2H3,(H,28,34)(H,30,33)/t17-,19-. The fourth-order valence-corrected chi connectivity index (χ4v) is 4.96. The van der Waals surface area contributed by atoms with E-state index in [9.17, 15) is 14.4 Å². The van der Waals surface area contributed by atoms with Gasteiger partial charge < -0.3 is 29.4 Å². The number of anilines is 2. The first kappa shape index (κ1) is 24.8. The van der Waals surface area contributed by atoms with Gasteiger partial charge in [0.1, 0.15) is 17.8 Å². The monoisotopic (exact) mass is 506 g/mol. The van der Waals surface area contributed by atoms with Gasteiger partial charge in [-0.25, -0.2) is 4.98 Å². The number of hydrogen-bond donors (Lipinski definition) is 2. The topological polar surface area (TPSA) is 123 Å². The highest BCUT2D eigenvalue weighted by molar-refractivity contribution is 6.14. The van der Waals surface area contributed by atoms with Crippen LogP contribution in [-0.2, 0) is 14.3 Å². The molecule has 1 aliphatic carbocycles. The predicted octanol–water partition coefficient (Wildman–Crippen LogP) is 3.75. The van der Waals surface area contributed by atoms with Crippen LogP contribution in [0.25, 0.3) is 11.1 Å². The smallest absolute Gasteiger partial charge is 0.293 e. The molecule has 2 N–H and O–H groups in total. The van der Waals surface area contributed by atoms with Crippen molar-refractivity contribution in [1.29, 1.82) is 0 Å². The second-order valence-electron chi connectivity index (χ2n) is 9.46. The largest absolute Gasteiger partial charge is 0.481 e. The summed E-state index contributed by atoms with van der Waals surface area (Å²) in [6.07, 6.45) is 2.75. The average Bonchev–Trinajstić information content (AvgIpc) is 3.28. The zero-order chi connectivity index (χ0) is 25.9. The number of aromatic nitrogens is 1. The number of furan rings is 1. The van der Waals surface area contributed by atoms with Crippen molar-refractivity contribution in [2.24, 2.45) is 5.92 Å². The van der Waals surface area contributed by atoms with E-state index in [0.29, 0.717) is 48.7 Å². The van der Waals surface area contributed by atoms with Crippen LogP contribution in [0.5, 0.6) is 5.88 Å². The number of methoxy groups -OCH3 is 1. The van der Waals surface area contributed by atoms with Crippen molar-refractivity contribution >= 4 is 40.2 Å². The Balaban J connectivity index is 1.34. The Hall–Kier alpha value is -3.92. The minimum absolute atomic E-state index is 0.00766. The number of amides is 3. The highest BCUT2D eigenvalue weighted by atomic mass is 16.5. The number of nitrogens with one attached hydrogen (secondary N) is 2. The van der Waals surface area contributed by atoms with E-state index >= 15 is 0 Å². The van der Waals surface area contributed by atoms with E-state index in [0.717, 1.165) is 18.4 Å². The summed E-state index contributed by atoms with van der Waals surface area (Å²) in [7, 11) is 1.50. The molecule has 10 nitrogen and oxygen atoms in total. The van der Waals surface area contributed by atoms with Crippen molar-refractivity contribution < 1.29 is 28.3 Å². The summed E-state index contributed by atoms with van der Waals surface area (Å²) < 4.78 is 16.3. The third-order valence-corrected chi connectivity index (χ3v) is 7.01. The lowest BCUT2D eigenvalue weighted by molar-refractivity contribution is -0.146. The molecular weight excluding hydrogens is 476 g/mol. The summed E-state index contributed by atoms with van der Waals surface area (Å²) in [6.45, 7) is 3.22. The number of carbonyl (C=O) groups excluding carboxylic acids is 3. The fourth-order valence-electron chi connectivity index (χ4n) is 4.96. The summed E-state index contributed by atoms with van der Waals surface area (Å²) in [5.41, 5.74) is 2.59. The lowest BCUT2D eigenvalue weighted by Gasteiger charge is -2.38. The quantitative estimate of drug-likeness (QED) is 0.522. The molecule has 194 valence electrons. The maximum absolute atomic E-state index is 13.3. The van der Waals surface area contributed by atoms with Crippen molar-refractivity contribution in [1.82, 2.24) is 9.88 Å². The van der Waals surface area contributed by atoms with E-state index in [-0.39, 0.29) is 41.8 Å². The Labute approximate surface area is 214 Å². The third kappa shape index (κ3) is 5.29. The van der Waals surface area contributed by atoms with E-state index in [1.807, 2.05) is 24.0 Å². The van der Waals surface area contributed by atoms with Crippen molar-refractivity contribution in [3.8, 4) is 5.88 Å². The summed E-state index contributed by atoms with van der Waals surface area (Å²) in [4.78, 5) is 45.0. The molecule has 3 heterocycles. The summed E-state index contributed by atoms with van der Waals surface area (Å²) in [5.74, 6) is -0.638. The summed E-state index contributed by atoms with van der Waals surface area (Å²) in [6, 6.07) is 10.8. The number of fused-ring (bicyclic) bond motifs is 1. The number of hydrogen-bond acceptors (Lipinski definition) is 7. The van der Waals surface area contributed by atoms with E-state index in [1.54, 1.807) is 24.3 Å². The average molecular weight is 507 g/mol. The zero-order valence-electron chi connectivity index (χ0n) is 20.9. The number of benzene rings is 1. The molecule has 1 aliphatic heterocycles. The molecule has 5 rings (SSSR count). The normalized spacial score (nSPS) is 20.1. The van der Waals surface area contributed by atoms with Crippen LogP contribution in [0.2, 0.25) is 0 Å². The van der Waals surface area contributed by atoms with Crippen molar-refractivity contribution in [2.75, 3.05) is 37.5 Å². The van der Waals surface area contributed by atoms with Gasteiger partial charge in [-0.2, -0.15) is 0 Å². The van der Waals surface area contributed by atoms with Crippen LogP contribution in [-0.4, -0.2) is 60.5 Å². The Morgan fingerprint density at radius 1 is 1.05 bits per heavy atom. The molecule has 37 heavy (non-hydrogen) atoms. The van der Waals surface area contributed by atoms with Crippen LogP contribution in [0, 0.1) is 12.8 Å². The van der Waals surface area contributed by atoms with Crippen molar-refractivity contribution in [3.63, 3.8) is 0 Å². The second-order valence-corrected chi connectivity index (χ2v) is 9.46. The number of rotatable bonds is 6. The van der Waals surface area contributed by atoms with Crippen LogP contribution in [0.15, 0.2) is 40.8 Å². The van der Waals surface area contributed by atoms with Gasteiger partial charge in [0.05, 0.1) is 13.7 Å². The number of morpholine rings is 1. The van der Waals surface area contributed by atoms with Gasteiger partial charge in [-0.05, 0) is 50.8 Å². The first-order valence-corrected chi connectivity index (χ1v) is 12.5. The Bertz CT molecular complexity index is 1310. The molecule has 3 aromatic rings. The van der Waals surface area contributed by atoms with Gasteiger partial charge in [-0.1, -0.05) is 17.7 Å². The van der Waals surface area contributed by atoms with Crippen molar-refractivity contribution in [2.45, 2.75) is 38.6 Å². The van der Waals surface area contributed by atoms with Gasteiger partial charge in [0.15, 0.2) is 5.58 Å². The number of carbonyl (C=O) groups is 3. The van der Waals surface area contributed by atoms with Gasteiger partial charge in [0.25, 0.3) is 5.91 Å². The first-order chi connectivity index (χ1) is 17.9. The number of pyridine rings is 1. The predicted molar refractivity (Wildman–Crippen MR) is 137 cm³/mol. The molecular formula is C27H30N4O6. The SMILES string of the molecule is COc1ccc2oc(C(=O)Nc3ccc(C)cc3)c(NC(=O)[C@H]3CC[C@H](N4CCOCC4=O)CC3)c2n1. The Kier molecular flexibility index (Phi) is 7.09. The van der Waals surface area contributed by atoms with Gasteiger partial charge >= 0.3 is 0 Å². The van der Waals surface area contributed by atoms with Gasteiger partial charge in [-0.15, -0.1) is 0 Å². The van der Waals surface area contributed by atoms with E-state index in [1.165, 1.54) is 7.11 Å². The molecule has 1 saturated carbocycles. The molecule has 2 aliphatic rings. The maximum Gasteiger partial charge on any atom is 0.293 e.